The number of benzene rings is 1. The summed E-state index contributed by atoms with van der Waals surface area (Å²) in [4.78, 5) is 0. The zero-order chi connectivity index (χ0) is 12.1. The summed E-state index contributed by atoms with van der Waals surface area (Å²) < 4.78 is 23.8. The standard InChI is InChI=1S/C11H16FNO3/c1-7(2)16-10-6-11(15-4-3-14)9(13)5-8(10)12/h5-7,14H,3-4,13H2,1-2H3. The number of anilines is 1. The minimum Gasteiger partial charge on any atom is -0.489 e. The van der Waals surface area contributed by atoms with Crippen molar-refractivity contribution in [1.29, 1.82) is 0 Å². The van der Waals surface area contributed by atoms with Crippen LogP contribution in [0.4, 0.5) is 10.1 Å². The van der Waals surface area contributed by atoms with Crippen molar-refractivity contribution in [3.8, 4) is 11.5 Å². The number of ether oxygens (including phenoxy) is 2. The normalized spacial score (nSPS) is 10.6. The van der Waals surface area contributed by atoms with Crippen LogP contribution in [0, 0.1) is 5.82 Å². The van der Waals surface area contributed by atoms with E-state index in [-0.39, 0.29) is 30.8 Å². The van der Waals surface area contributed by atoms with Crippen molar-refractivity contribution in [2.75, 3.05) is 18.9 Å². The second-order valence-corrected chi connectivity index (χ2v) is 3.56. The third kappa shape index (κ3) is 3.27. The van der Waals surface area contributed by atoms with Gasteiger partial charge < -0.3 is 20.3 Å². The number of nitrogens with two attached hydrogens (primary N) is 1. The van der Waals surface area contributed by atoms with Gasteiger partial charge in [0.05, 0.1) is 18.4 Å². The summed E-state index contributed by atoms with van der Waals surface area (Å²) in [5.74, 6) is -0.120. The van der Waals surface area contributed by atoms with Crippen LogP contribution in [-0.2, 0) is 0 Å². The molecule has 3 N–H and O–H groups in total. The topological polar surface area (TPSA) is 64.7 Å². The van der Waals surface area contributed by atoms with Gasteiger partial charge in [0.2, 0.25) is 0 Å². The lowest BCUT2D eigenvalue weighted by molar-refractivity contribution is 0.199. The lowest BCUT2D eigenvalue weighted by Crippen LogP contribution is -2.09. The fraction of sp³-hybridized carbons (Fsp3) is 0.455. The Hall–Kier alpha value is -1.49. The van der Waals surface area contributed by atoms with Crippen molar-refractivity contribution in [3.63, 3.8) is 0 Å². The van der Waals surface area contributed by atoms with E-state index in [0.717, 1.165) is 6.07 Å². The van der Waals surface area contributed by atoms with E-state index < -0.39 is 5.82 Å². The summed E-state index contributed by atoms with van der Waals surface area (Å²) in [6.45, 7) is 3.57. The molecule has 1 aromatic rings. The predicted molar refractivity (Wildman–Crippen MR) is 59.2 cm³/mol. The minimum atomic E-state index is -0.525. The Morgan fingerprint density at radius 2 is 2.06 bits per heavy atom. The smallest absolute Gasteiger partial charge is 0.167 e. The number of halogens is 1. The molecule has 0 aliphatic carbocycles. The Bertz CT molecular complexity index is 355. The molecular weight excluding hydrogens is 213 g/mol. The maximum atomic E-state index is 13.4. The number of rotatable bonds is 5. The molecule has 16 heavy (non-hydrogen) atoms. The van der Waals surface area contributed by atoms with E-state index in [2.05, 4.69) is 0 Å². The lowest BCUT2D eigenvalue weighted by Gasteiger charge is -2.14. The van der Waals surface area contributed by atoms with Gasteiger partial charge in [0.1, 0.15) is 12.4 Å². The van der Waals surface area contributed by atoms with Gasteiger partial charge in [0.15, 0.2) is 11.6 Å². The first-order chi connectivity index (χ1) is 7.54. The van der Waals surface area contributed by atoms with Crippen LogP contribution in [0.25, 0.3) is 0 Å². The molecule has 0 radical (unpaired) electrons. The van der Waals surface area contributed by atoms with Crippen molar-refractivity contribution in [1.82, 2.24) is 0 Å². The second kappa shape index (κ2) is 5.55. The van der Waals surface area contributed by atoms with Crippen LogP contribution in [0.1, 0.15) is 13.8 Å². The fourth-order valence-corrected chi connectivity index (χ4v) is 1.17. The van der Waals surface area contributed by atoms with Crippen LogP contribution >= 0.6 is 0 Å². The summed E-state index contributed by atoms with van der Waals surface area (Å²) >= 11 is 0. The molecule has 0 aliphatic heterocycles. The number of aliphatic hydroxyl groups is 1. The van der Waals surface area contributed by atoms with Gasteiger partial charge in [-0.3, -0.25) is 0 Å². The molecule has 0 saturated heterocycles. The van der Waals surface area contributed by atoms with Gasteiger partial charge in [0, 0.05) is 12.1 Å². The van der Waals surface area contributed by atoms with Gasteiger partial charge in [0.25, 0.3) is 0 Å². The maximum Gasteiger partial charge on any atom is 0.167 e. The summed E-state index contributed by atoms with van der Waals surface area (Å²) in [5.41, 5.74) is 5.74. The molecule has 5 heteroatoms. The third-order valence-electron chi connectivity index (χ3n) is 1.78. The van der Waals surface area contributed by atoms with Crippen LogP contribution in [0.2, 0.25) is 0 Å². The number of hydrogen-bond donors (Lipinski definition) is 2. The molecule has 0 fully saturated rings. The molecule has 90 valence electrons. The van der Waals surface area contributed by atoms with E-state index >= 15 is 0 Å². The van der Waals surface area contributed by atoms with Gasteiger partial charge in [-0.25, -0.2) is 4.39 Å². The largest absolute Gasteiger partial charge is 0.489 e. The van der Waals surface area contributed by atoms with Crippen LogP contribution in [0.3, 0.4) is 0 Å². The van der Waals surface area contributed by atoms with E-state index in [1.54, 1.807) is 13.8 Å². The molecular formula is C11H16FNO3. The highest BCUT2D eigenvalue weighted by Gasteiger charge is 2.11. The Morgan fingerprint density at radius 1 is 1.38 bits per heavy atom. The Labute approximate surface area is 93.8 Å². The highest BCUT2D eigenvalue weighted by Crippen LogP contribution is 2.30. The zero-order valence-corrected chi connectivity index (χ0v) is 9.37. The summed E-state index contributed by atoms with van der Waals surface area (Å²) in [6, 6.07) is 2.53. The molecule has 0 aromatic heterocycles. The van der Waals surface area contributed by atoms with Gasteiger partial charge in [-0.1, -0.05) is 0 Å². The number of aliphatic hydroxyl groups excluding tert-OH is 1. The molecule has 0 amide bonds. The molecule has 0 aliphatic rings. The molecule has 0 bridgehead atoms. The third-order valence-corrected chi connectivity index (χ3v) is 1.78. The zero-order valence-electron chi connectivity index (χ0n) is 9.37. The van der Waals surface area contributed by atoms with Crippen molar-refractivity contribution in [3.05, 3.63) is 17.9 Å². The molecule has 4 nitrogen and oxygen atoms in total. The highest BCUT2D eigenvalue weighted by atomic mass is 19.1. The van der Waals surface area contributed by atoms with Gasteiger partial charge in [-0.05, 0) is 13.8 Å². The van der Waals surface area contributed by atoms with Crippen LogP contribution in [-0.4, -0.2) is 24.4 Å². The predicted octanol–water partition coefficient (Wildman–Crippen LogP) is 1.57. The monoisotopic (exact) mass is 229 g/mol. The van der Waals surface area contributed by atoms with Crippen molar-refractivity contribution < 1.29 is 19.0 Å². The SMILES string of the molecule is CC(C)Oc1cc(OCCO)c(N)cc1F. The molecule has 1 aromatic carbocycles. The fourth-order valence-electron chi connectivity index (χ4n) is 1.17. The molecule has 0 atom stereocenters. The summed E-state index contributed by atoms with van der Waals surface area (Å²) in [5, 5.41) is 8.62. The van der Waals surface area contributed by atoms with Gasteiger partial charge in [-0.2, -0.15) is 0 Å². The highest BCUT2D eigenvalue weighted by molar-refractivity contribution is 5.56. The summed E-state index contributed by atoms with van der Waals surface area (Å²) in [7, 11) is 0. The van der Waals surface area contributed by atoms with Crippen molar-refractivity contribution in [2.24, 2.45) is 0 Å². The van der Waals surface area contributed by atoms with Gasteiger partial charge in [-0.15, -0.1) is 0 Å². The van der Waals surface area contributed by atoms with Crippen LogP contribution in [0.15, 0.2) is 12.1 Å². The number of hydrogen-bond acceptors (Lipinski definition) is 4. The van der Waals surface area contributed by atoms with Crippen LogP contribution < -0.4 is 15.2 Å². The maximum absolute atomic E-state index is 13.4. The average Bonchev–Trinajstić information content (AvgIpc) is 2.20. The van der Waals surface area contributed by atoms with Crippen LogP contribution in [0.5, 0.6) is 11.5 Å². The van der Waals surface area contributed by atoms with E-state index in [0.29, 0.717) is 5.75 Å². The van der Waals surface area contributed by atoms with E-state index in [1.165, 1.54) is 6.07 Å². The molecule has 0 spiro atoms. The Balaban J connectivity index is 2.92. The van der Waals surface area contributed by atoms with Gasteiger partial charge >= 0.3 is 0 Å². The van der Waals surface area contributed by atoms with E-state index in [9.17, 15) is 4.39 Å². The van der Waals surface area contributed by atoms with Crippen molar-refractivity contribution in [2.45, 2.75) is 20.0 Å². The van der Waals surface area contributed by atoms with E-state index in [4.69, 9.17) is 20.3 Å². The molecule has 0 saturated carbocycles. The number of nitrogen functional groups attached to an aromatic ring is 1. The van der Waals surface area contributed by atoms with E-state index in [1.807, 2.05) is 0 Å². The first-order valence-corrected chi connectivity index (χ1v) is 5.04. The molecule has 1 rings (SSSR count). The first kappa shape index (κ1) is 12.6. The minimum absolute atomic E-state index is 0.0946. The lowest BCUT2D eigenvalue weighted by atomic mass is 10.2. The van der Waals surface area contributed by atoms with Crippen molar-refractivity contribution >= 4 is 5.69 Å². The Kier molecular flexibility index (Phi) is 4.37. The average molecular weight is 229 g/mol. The molecule has 0 unspecified atom stereocenters. The second-order valence-electron chi connectivity index (χ2n) is 3.56. The summed E-state index contributed by atoms with van der Waals surface area (Å²) in [6.07, 6.45) is -0.135. The first-order valence-electron chi connectivity index (χ1n) is 5.04. The molecule has 0 heterocycles. The Morgan fingerprint density at radius 3 is 2.62 bits per heavy atom. The quantitative estimate of drug-likeness (QED) is 0.752.